The second-order valence-corrected chi connectivity index (χ2v) is 19.1. The van der Waals surface area contributed by atoms with Gasteiger partial charge < -0.3 is 20.5 Å². The number of carbonyl (C=O) groups is 6. The summed E-state index contributed by atoms with van der Waals surface area (Å²) in [5.41, 5.74) is 4.01. The van der Waals surface area contributed by atoms with E-state index in [1.165, 1.54) is 5.57 Å². The number of benzene rings is 1. The van der Waals surface area contributed by atoms with Gasteiger partial charge in [-0.3, -0.25) is 39.0 Å². The van der Waals surface area contributed by atoms with Gasteiger partial charge in [-0.25, -0.2) is 0 Å². The Morgan fingerprint density at radius 3 is 2.43 bits per heavy atom. The van der Waals surface area contributed by atoms with Crippen LogP contribution in [-0.2, 0) is 23.9 Å². The summed E-state index contributed by atoms with van der Waals surface area (Å²) in [6.07, 6.45) is 12.8. The summed E-state index contributed by atoms with van der Waals surface area (Å²) in [5.74, 6) is -2.30. The molecule has 1 saturated heterocycles. The van der Waals surface area contributed by atoms with Crippen molar-refractivity contribution in [3.63, 3.8) is 0 Å². The minimum Gasteiger partial charge on any atom is -0.504 e. The van der Waals surface area contributed by atoms with Gasteiger partial charge >= 0.3 is 0 Å². The lowest BCUT2D eigenvalue weighted by Crippen LogP contribution is -2.62. The molecule has 3 saturated carbocycles. The van der Waals surface area contributed by atoms with E-state index in [9.17, 15) is 33.9 Å². The van der Waals surface area contributed by atoms with Crippen molar-refractivity contribution >= 4 is 41.0 Å². The minimum absolute atomic E-state index is 0.0498. The summed E-state index contributed by atoms with van der Waals surface area (Å²) < 4.78 is 5.87. The zero-order chi connectivity index (χ0) is 41.6. The van der Waals surface area contributed by atoms with Crippen LogP contribution < -0.4 is 16.0 Å². The monoisotopic (exact) mass is 792 g/mol. The Morgan fingerprint density at radius 2 is 1.67 bits per heavy atom. The molecule has 12 nitrogen and oxygen atoms in total. The number of hydrogen-bond donors (Lipinski definition) is 4. The molecule has 1 aromatic carbocycles. The van der Waals surface area contributed by atoms with E-state index in [0.717, 1.165) is 61.0 Å². The summed E-state index contributed by atoms with van der Waals surface area (Å²) in [7, 11) is 0. The molecule has 4 N–H and O–H groups in total. The Hall–Kier alpha value is -4.84. The number of imide groups is 2. The van der Waals surface area contributed by atoms with Crippen molar-refractivity contribution in [3.8, 4) is 0 Å². The molecule has 7 aliphatic rings. The van der Waals surface area contributed by atoms with Crippen molar-refractivity contribution < 1.29 is 38.6 Å². The second kappa shape index (κ2) is 13.9. The maximum Gasteiger partial charge on any atom is 0.264 e. The third-order valence-corrected chi connectivity index (χ3v) is 16.0. The number of ketones is 1. The molecule has 5 amide bonds. The predicted molar refractivity (Wildman–Crippen MR) is 216 cm³/mol. The molecule has 5 aliphatic carbocycles. The van der Waals surface area contributed by atoms with Gasteiger partial charge in [0.1, 0.15) is 6.04 Å². The fourth-order valence-electron chi connectivity index (χ4n) is 12.1. The molecule has 8 rings (SSSR count). The van der Waals surface area contributed by atoms with Crippen LogP contribution in [-0.4, -0.2) is 77.7 Å². The molecule has 2 aliphatic heterocycles. The highest BCUT2D eigenvalue weighted by Crippen LogP contribution is 2.75. The summed E-state index contributed by atoms with van der Waals surface area (Å²) in [6.45, 7) is 14.9. The van der Waals surface area contributed by atoms with E-state index in [1.54, 1.807) is 24.3 Å². The van der Waals surface area contributed by atoms with Crippen molar-refractivity contribution in [2.45, 2.75) is 105 Å². The van der Waals surface area contributed by atoms with Gasteiger partial charge in [-0.15, -0.1) is 0 Å². The number of rotatable bonds is 9. The van der Waals surface area contributed by atoms with Crippen LogP contribution in [0.4, 0.5) is 5.69 Å². The normalized spacial score (nSPS) is 35.4. The molecule has 1 unspecified atom stereocenters. The van der Waals surface area contributed by atoms with Gasteiger partial charge in [-0.05, 0) is 110 Å². The molecule has 12 heteroatoms. The lowest BCUT2D eigenvalue weighted by atomic mass is 9.34. The first-order valence-electron chi connectivity index (χ1n) is 20.9. The summed E-state index contributed by atoms with van der Waals surface area (Å²) >= 11 is 0. The number of nitrogens with one attached hydrogen (secondary N) is 3. The minimum atomic E-state index is -1.03. The van der Waals surface area contributed by atoms with Crippen molar-refractivity contribution in [2.24, 2.45) is 33.0 Å². The van der Waals surface area contributed by atoms with Gasteiger partial charge in [-0.2, -0.15) is 0 Å². The maximum atomic E-state index is 14.0. The first-order valence-corrected chi connectivity index (χ1v) is 20.9. The Balaban J connectivity index is 0.872. The first kappa shape index (κ1) is 40.0. The molecular formula is C46H56N4O8. The van der Waals surface area contributed by atoms with Crippen LogP contribution in [0.3, 0.4) is 0 Å². The number of allylic oxidation sites excluding steroid dienone is 7. The van der Waals surface area contributed by atoms with Crippen molar-refractivity contribution in [2.75, 3.05) is 31.6 Å². The van der Waals surface area contributed by atoms with E-state index in [-0.39, 0.29) is 63.1 Å². The Labute approximate surface area is 340 Å². The van der Waals surface area contributed by atoms with Crippen LogP contribution in [0, 0.1) is 33.0 Å². The number of hydrogen-bond acceptors (Lipinski definition) is 9. The SMILES string of the molecule is CC1=C(O)C(=O)C=C2C1=CC=C1[C@@]2(C)CC[C@@]2(C)[C@@H]3C[C@](C)(C(=O)NCCOCCNc4cccc5c4C(=O)N(C4CCC(=O)NC4=O)C5=O)CC[C@]3(C)CC[C@]12C. The number of piperidine rings is 1. The first-order chi connectivity index (χ1) is 27.4. The molecule has 2 heterocycles. The summed E-state index contributed by atoms with van der Waals surface area (Å²) in [5, 5.41) is 19.1. The molecule has 308 valence electrons. The second-order valence-electron chi connectivity index (χ2n) is 19.1. The van der Waals surface area contributed by atoms with Crippen LogP contribution in [0.25, 0.3) is 0 Å². The number of carbonyl (C=O) groups excluding carboxylic acids is 6. The van der Waals surface area contributed by atoms with Crippen LogP contribution in [0.15, 0.2) is 64.5 Å². The highest BCUT2D eigenvalue weighted by Gasteiger charge is 2.67. The van der Waals surface area contributed by atoms with Crippen molar-refractivity contribution in [1.82, 2.24) is 15.5 Å². The molecular weight excluding hydrogens is 737 g/mol. The van der Waals surface area contributed by atoms with Gasteiger partial charge in [0.25, 0.3) is 11.8 Å². The largest absolute Gasteiger partial charge is 0.504 e. The number of amides is 5. The van der Waals surface area contributed by atoms with Crippen molar-refractivity contribution in [3.05, 3.63) is 75.6 Å². The van der Waals surface area contributed by atoms with Crippen LogP contribution in [0.2, 0.25) is 0 Å². The van der Waals surface area contributed by atoms with E-state index in [0.29, 0.717) is 43.5 Å². The quantitative estimate of drug-likeness (QED) is 0.167. The fraction of sp³-hybridized carbons (Fsp3) is 0.565. The van der Waals surface area contributed by atoms with E-state index < -0.39 is 35.1 Å². The van der Waals surface area contributed by atoms with Gasteiger partial charge in [0, 0.05) is 41.6 Å². The van der Waals surface area contributed by atoms with Gasteiger partial charge in [-0.1, -0.05) is 58.4 Å². The van der Waals surface area contributed by atoms with E-state index in [2.05, 4.69) is 62.7 Å². The molecule has 4 fully saturated rings. The van der Waals surface area contributed by atoms with Gasteiger partial charge in [0.05, 0.1) is 24.3 Å². The number of ether oxygens (including phenoxy) is 1. The topological polar surface area (TPSA) is 171 Å². The Bertz CT molecular complexity index is 2180. The molecule has 0 radical (unpaired) electrons. The standard InChI is InChI=1S/C46H56N4O8/c1-26-27-10-12-33-44(4,29(27)24-32(51)37(26)53)17-19-46(6)34-25-43(3,15-14-42(34,2)16-18-45(33,46)5)41(57)48-21-23-58-22-20-47-30-9-7-8-28-36(30)40(56)50(39(28)55)31-11-13-35(52)49-38(31)54/h7-10,12,24,31,34,47,53H,11,13-23,25H2,1-6H3,(H,48,57)(H,49,52,54)/t31?,34-,42-,43-,44+,45-,46+/m1/s1. The van der Waals surface area contributed by atoms with Crippen molar-refractivity contribution in [1.29, 1.82) is 0 Å². The predicted octanol–water partition coefficient (Wildman–Crippen LogP) is 6.26. The van der Waals surface area contributed by atoms with E-state index in [1.807, 2.05) is 6.92 Å². The summed E-state index contributed by atoms with van der Waals surface area (Å²) in [4.78, 5) is 78.5. The highest BCUT2D eigenvalue weighted by molar-refractivity contribution is 6.25. The van der Waals surface area contributed by atoms with Gasteiger partial charge in [0.15, 0.2) is 5.76 Å². The average Bonchev–Trinajstić information content (AvgIpc) is 3.44. The molecule has 7 atom stereocenters. The smallest absolute Gasteiger partial charge is 0.264 e. The zero-order valence-electron chi connectivity index (χ0n) is 34.6. The Morgan fingerprint density at radius 1 is 0.931 bits per heavy atom. The summed E-state index contributed by atoms with van der Waals surface area (Å²) in [6, 6.07) is 3.90. The number of aliphatic hydroxyl groups excluding tert-OH is 1. The number of anilines is 1. The number of nitrogens with zero attached hydrogens (tertiary/aromatic N) is 1. The molecule has 0 spiro atoms. The van der Waals surface area contributed by atoms with E-state index in [4.69, 9.17) is 4.74 Å². The Kier molecular flexibility index (Phi) is 9.57. The molecule has 0 bridgehead atoms. The van der Waals surface area contributed by atoms with Crippen LogP contribution >= 0.6 is 0 Å². The molecule has 0 aromatic heterocycles. The fourth-order valence-corrected chi connectivity index (χ4v) is 12.1. The van der Waals surface area contributed by atoms with Crippen LogP contribution in [0.5, 0.6) is 0 Å². The zero-order valence-corrected chi connectivity index (χ0v) is 34.6. The third-order valence-electron chi connectivity index (χ3n) is 16.0. The maximum absolute atomic E-state index is 14.0. The lowest BCUT2D eigenvalue weighted by molar-refractivity contribution is -0.169. The lowest BCUT2D eigenvalue weighted by Gasteiger charge is -2.70. The average molecular weight is 793 g/mol. The van der Waals surface area contributed by atoms with E-state index >= 15 is 0 Å². The molecule has 58 heavy (non-hydrogen) atoms. The molecule has 1 aromatic rings. The van der Waals surface area contributed by atoms with Crippen LogP contribution in [0.1, 0.15) is 120 Å². The number of fused-ring (bicyclic) bond motifs is 8. The van der Waals surface area contributed by atoms with Gasteiger partial charge in [0.2, 0.25) is 23.5 Å². The number of aliphatic hydroxyl groups is 1. The highest BCUT2D eigenvalue weighted by atomic mass is 16.5. The third kappa shape index (κ3) is 5.86.